The highest BCUT2D eigenvalue weighted by molar-refractivity contribution is 9.10. The van der Waals surface area contributed by atoms with Crippen LogP contribution < -0.4 is 11.1 Å². The molecule has 1 aromatic carbocycles. The van der Waals surface area contributed by atoms with Crippen LogP contribution in [0.3, 0.4) is 0 Å². The van der Waals surface area contributed by atoms with Gasteiger partial charge >= 0.3 is 0 Å². The second-order valence-electron chi connectivity index (χ2n) is 4.03. The molecule has 1 heterocycles. The first kappa shape index (κ1) is 12.0. The van der Waals surface area contributed by atoms with Crippen molar-refractivity contribution in [3.63, 3.8) is 0 Å². The lowest BCUT2D eigenvalue weighted by atomic mass is 10.1. The van der Waals surface area contributed by atoms with Crippen molar-refractivity contribution in [3.8, 4) is 0 Å². The van der Waals surface area contributed by atoms with Crippen LogP contribution in [0.25, 0.3) is 0 Å². The van der Waals surface area contributed by atoms with Gasteiger partial charge in [-0.05, 0) is 24.6 Å². The maximum absolute atomic E-state index is 5.84. The van der Waals surface area contributed by atoms with E-state index >= 15 is 0 Å². The fourth-order valence-electron chi connectivity index (χ4n) is 1.68. The summed E-state index contributed by atoms with van der Waals surface area (Å²) in [5, 5.41) is 7.56. The van der Waals surface area contributed by atoms with Gasteiger partial charge in [0.2, 0.25) is 0 Å². The van der Waals surface area contributed by atoms with Crippen molar-refractivity contribution in [2.45, 2.75) is 13.0 Å². The van der Waals surface area contributed by atoms with Crippen LogP contribution in [0.4, 0.5) is 11.5 Å². The highest BCUT2D eigenvalue weighted by Crippen LogP contribution is 2.24. The molecule has 0 aliphatic rings. The van der Waals surface area contributed by atoms with Crippen molar-refractivity contribution < 1.29 is 0 Å². The first-order chi connectivity index (χ1) is 8.06. The maximum Gasteiger partial charge on any atom is 0.171 e. The predicted octanol–water partition coefficient (Wildman–Crippen LogP) is 2.94. The standard InChI is InChI=1S/C12H15BrN4/c1-8(9-4-3-5-10(13)6-9)15-12-11(14)7-17(2)16-12/h3-8H,14H2,1-2H3,(H,15,16). The van der Waals surface area contributed by atoms with Gasteiger partial charge in [-0.25, -0.2) is 0 Å². The van der Waals surface area contributed by atoms with Gasteiger partial charge in [0.1, 0.15) is 0 Å². The van der Waals surface area contributed by atoms with E-state index in [1.54, 1.807) is 10.9 Å². The van der Waals surface area contributed by atoms with Crippen LogP contribution in [0, 0.1) is 0 Å². The normalized spacial score (nSPS) is 12.4. The zero-order valence-corrected chi connectivity index (χ0v) is 11.4. The van der Waals surface area contributed by atoms with Crippen LogP contribution in [0.1, 0.15) is 18.5 Å². The molecular formula is C12H15BrN4. The zero-order chi connectivity index (χ0) is 12.4. The second kappa shape index (κ2) is 4.79. The number of nitrogens with zero attached hydrogens (tertiary/aromatic N) is 2. The third kappa shape index (κ3) is 2.79. The topological polar surface area (TPSA) is 55.9 Å². The van der Waals surface area contributed by atoms with Crippen LogP contribution in [-0.2, 0) is 7.05 Å². The molecule has 1 unspecified atom stereocenters. The highest BCUT2D eigenvalue weighted by atomic mass is 79.9. The molecule has 2 rings (SSSR count). The number of aromatic nitrogens is 2. The van der Waals surface area contributed by atoms with Crippen LogP contribution >= 0.6 is 15.9 Å². The number of nitrogen functional groups attached to an aromatic ring is 1. The Morgan fingerprint density at radius 1 is 1.47 bits per heavy atom. The molecule has 0 saturated carbocycles. The van der Waals surface area contributed by atoms with Gasteiger partial charge in [0, 0.05) is 17.7 Å². The van der Waals surface area contributed by atoms with Gasteiger partial charge < -0.3 is 11.1 Å². The van der Waals surface area contributed by atoms with Gasteiger partial charge in [-0.2, -0.15) is 5.10 Å². The highest BCUT2D eigenvalue weighted by Gasteiger charge is 2.10. The average Bonchev–Trinajstić information content (AvgIpc) is 2.57. The van der Waals surface area contributed by atoms with E-state index in [-0.39, 0.29) is 6.04 Å². The summed E-state index contributed by atoms with van der Waals surface area (Å²) >= 11 is 3.46. The summed E-state index contributed by atoms with van der Waals surface area (Å²) in [5.41, 5.74) is 7.69. The summed E-state index contributed by atoms with van der Waals surface area (Å²) in [5.74, 6) is 0.722. The number of benzene rings is 1. The summed E-state index contributed by atoms with van der Waals surface area (Å²) in [6.45, 7) is 2.08. The Balaban J connectivity index is 2.16. The molecule has 5 heteroatoms. The van der Waals surface area contributed by atoms with Crippen LogP contribution in [0.5, 0.6) is 0 Å². The molecule has 0 bridgehead atoms. The fourth-order valence-corrected chi connectivity index (χ4v) is 2.10. The molecule has 0 radical (unpaired) electrons. The molecule has 0 amide bonds. The van der Waals surface area contributed by atoms with Gasteiger partial charge in [-0.3, -0.25) is 4.68 Å². The zero-order valence-electron chi connectivity index (χ0n) is 9.81. The maximum atomic E-state index is 5.84. The Morgan fingerprint density at radius 2 is 2.24 bits per heavy atom. The van der Waals surface area contributed by atoms with Crippen molar-refractivity contribution in [3.05, 3.63) is 40.5 Å². The monoisotopic (exact) mass is 294 g/mol. The molecule has 0 fully saturated rings. The Bertz CT molecular complexity index is 521. The van der Waals surface area contributed by atoms with E-state index in [1.165, 1.54) is 5.56 Å². The first-order valence-corrected chi connectivity index (χ1v) is 6.16. The van der Waals surface area contributed by atoms with Crippen molar-refractivity contribution in [1.29, 1.82) is 0 Å². The first-order valence-electron chi connectivity index (χ1n) is 5.37. The summed E-state index contributed by atoms with van der Waals surface area (Å²) in [6, 6.07) is 8.33. The number of nitrogens with two attached hydrogens (primary N) is 1. The molecule has 0 spiro atoms. The van der Waals surface area contributed by atoms with Gasteiger partial charge in [0.15, 0.2) is 5.82 Å². The summed E-state index contributed by atoms with van der Waals surface area (Å²) in [6.07, 6.45) is 1.79. The summed E-state index contributed by atoms with van der Waals surface area (Å²) in [7, 11) is 1.85. The van der Waals surface area contributed by atoms with Gasteiger partial charge in [-0.15, -0.1) is 0 Å². The molecule has 17 heavy (non-hydrogen) atoms. The lowest BCUT2D eigenvalue weighted by Crippen LogP contribution is -2.08. The largest absolute Gasteiger partial charge is 0.394 e. The van der Waals surface area contributed by atoms with Crippen molar-refractivity contribution in [1.82, 2.24) is 9.78 Å². The van der Waals surface area contributed by atoms with Crippen LogP contribution in [0.15, 0.2) is 34.9 Å². The Kier molecular flexibility index (Phi) is 3.38. The van der Waals surface area contributed by atoms with E-state index < -0.39 is 0 Å². The van der Waals surface area contributed by atoms with Gasteiger partial charge in [0.05, 0.1) is 11.7 Å². The molecule has 0 aliphatic carbocycles. The van der Waals surface area contributed by atoms with E-state index in [1.807, 2.05) is 19.2 Å². The molecule has 90 valence electrons. The number of hydrogen-bond donors (Lipinski definition) is 2. The van der Waals surface area contributed by atoms with Crippen molar-refractivity contribution in [2.24, 2.45) is 7.05 Å². The number of halogens is 1. The van der Waals surface area contributed by atoms with Crippen LogP contribution in [-0.4, -0.2) is 9.78 Å². The van der Waals surface area contributed by atoms with E-state index in [9.17, 15) is 0 Å². The van der Waals surface area contributed by atoms with Crippen molar-refractivity contribution >= 4 is 27.4 Å². The molecule has 0 aliphatic heterocycles. The average molecular weight is 295 g/mol. The smallest absolute Gasteiger partial charge is 0.171 e. The summed E-state index contributed by atoms with van der Waals surface area (Å²) in [4.78, 5) is 0. The number of aryl methyl sites for hydroxylation is 1. The number of anilines is 2. The van der Waals surface area contributed by atoms with Crippen molar-refractivity contribution in [2.75, 3.05) is 11.1 Å². The third-order valence-electron chi connectivity index (χ3n) is 2.56. The fraction of sp³-hybridized carbons (Fsp3) is 0.250. The predicted molar refractivity (Wildman–Crippen MR) is 73.8 cm³/mol. The molecule has 2 aromatic rings. The molecular weight excluding hydrogens is 280 g/mol. The summed E-state index contributed by atoms with van der Waals surface area (Å²) < 4.78 is 2.77. The van der Waals surface area contributed by atoms with Gasteiger partial charge in [0.25, 0.3) is 0 Å². The minimum Gasteiger partial charge on any atom is -0.394 e. The Morgan fingerprint density at radius 3 is 2.82 bits per heavy atom. The second-order valence-corrected chi connectivity index (χ2v) is 4.94. The molecule has 4 nitrogen and oxygen atoms in total. The molecule has 1 aromatic heterocycles. The van der Waals surface area contributed by atoms with E-state index in [0.717, 1.165) is 10.3 Å². The third-order valence-corrected chi connectivity index (χ3v) is 3.05. The molecule has 1 atom stereocenters. The number of hydrogen-bond acceptors (Lipinski definition) is 3. The lowest BCUT2D eigenvalue weighted by Gasteiger charge is -2.14. The number of nitrogens with one attached hydrogen (secondary N) is 1. The molecule has 3 N–H and O–H groups in total. The Hall–Kier alpha value is -1.49. The van der Waals surface area contributed by atoms with E-state index in [0.29, 0.717) is 5.69 Å². The van der Waals surface area contributed by atoms with Crippen LogP contribution in [0.2, 0.25) is 0 Å². The minimum absolute atomic E-state index is 0.157. The van der Waals surface area contributed by atoms with E-state index in [4.69, 9.17) is 5.73 Å². The molecule has 0 saturated heterocycles. The minimum atomic E-state index is 0.157. The lowest BCUT2D eigenvalue weighted by molar-refractivity contribution is 0.760. The van der Waals surface area contributed by atoms with E-state index in [2.05, 4.69) is 45.4 Å². The SMILES string of the molecule is CC(Nc1nn(C)cc1N)c1cccc(Br)c1. The van der Waals surface area contributed by atoms with Gasteiger partial charge in [-0.1, -0.05) is 28.1 Å². The Labute approximate surface area is 109 Å². The number of rotatable bonds is 3. The quantitative estimate of drug-likeness (QED) is 0.915.